The maximum atomic E-state index is 11.7. The quantitative estimate of drug-likeness (QED) is 0.479. The molecule has 0 bridgehead atoms. The van der Waals surface area contributed by atoms with Crippen LogP contribution in [0.3, 0.4) is 0 Å². The van der Waals surface area contributed by atoms with E-state index in [4.69, 9.17) is 0 Å². The molecule has 2 nitrogen and oxygen atoms in total. The number of Topliss-reactive ketones (excluding diaryl/α,β-unsaturated/α-hetero) is 1. The van der Waals surface area contributed by atoms with E-state index < -0.39 is 5.54 Å². The molecular weight excluding hydrogens is 198 g/mol. The van der Waals surface area contributed by atoms with Crippen molar-refractivity contribution in [1.82, 2.24) is 5.32 Å². The smallest absolute Gasteiger partial charge is 0.153 e. The molecule has 0 aliphatic rings. The molecule has 16 heavy (non-hydrogen) atoms. The van der Waals surface area contributed by atoms with Gasteiger partial charge in [-0.25, -0.2) is 0 Å². The molecule has 2 heteroatoms. The van der Waals surface area contributed by atoms with Gasteiger partial charge in [-0.3, -0.25) is 4.79 Å². The second-order valence-electron chi connectivity index (χ2n) is 3.89. The van der Waals surface area contributed by atoms with Crippen LogP contribution in [-0.2, 0) is 4.79 Å². The van der Waals surface area contributed by atoms with Gasteiger partial charge in [0.25, 0.3) is 0 Å². The van der Waals surface area contributed by atoms with Crippen LogP contribution in [0, 0.1) is 0 Å². The minimum Gasteiger partial charge on any atom is -0.305 e. The molecule has 0 aromatic carbocycles. The SMILES string of the molecule is C=CC/C=C/C(CCCC=C)(NC)C(C)=O. The third kappa shape index (κ3) is 4.58. The highest BCUT2D eigenvalue weighted by Gasteiger charge is 2.29. The van der Waals surface area contributed by atoms with Crippen molar-refractivity contribution in [3.63, 3.8) is 0 Å². The van der Waals surface area contributed by atoms with Gasteiger partial charge in [-0.1, -0.05) is 24.3 Å². The van der Waals surface area contributed by atoms with Crippen molar-refractivity contribution in [3.8, 4) is 0 Å². The summed E-state index contributed by atoms with van der Waals surface area (Å²) >= 11 is 0. The Bertz CT molecular complexity index is 268. The van der Waals surface area contributed by atoms with Crippen molar-refractivity contribution in [2.75, 3.05) is 7.05 Å². The van der Waals surface area contributed by atoms with Gasteiger partial charge in [-0.15, -0.1) is 13.2 Å². The van der Waals surface area contributed by atoms with E-state index in [1.54, 1.807) is 6.92 Å². The number of unbranched alkanes of at least 4 members (excludes halogenated alkanes) is 1. The van der Waals surface area contributed by atoms with E-state index in [2.05, 4.69) is 18.5 Å². The first-order chi connectivity index (χ1) is 7.63. The first kappa shape index (κ1) is 14.8. The van der Waals surface area contributed by atoms with Gasteiger partial charge in [0, 0.05) is 0 Å². The number of rotatable bonds is 9. The summed E-state index contributed by atoms with van der Waals surface area (Å²) in [5.74, 6) is 0.152. The van der Waals surface area contributed by atoms with Crippen LogP contribution in [0.1, 0.15) is 32.6 Å². The lowest BCUT2D eigenvalue weighted by Gasteiger charge is -2.27. The Morgan fingerprint density at radius 1 is 1.38 bits per heavy atom. The minimum atomic E-state index is -0.522. The van der Waals surface area contributed by atoms with Gasteiger partial charge in [0.2, 0.25) is 0 Å². The Kier molecular flexibility index (Phi) is 7.48. The van der Waals surface area contributed by atoms with Crippen LogP contribution in [0.25, 0.3) is 0 Å². The van der Waals surface area contributed by atoms with Gasteiger partial charge < -0.3 is 5.32 Å². The first-order valence-electron chi connectivity index (χ1n) is 5.72. The molecule has 0 heterocycles. The molecule has 1 unspecified atom stereocenters. The summed E-state index contributed by atoms with van der Waals surface area (Å²) in [7, 11) is 1.83. The highest BCUT2D eigenvalue weighted by Crippen LogP contribution is 2.18. The number of nitrogens with one attached hydrogen (secondary N) is 1. The normalized spacial score (nSPS) is 14.6. The number of allylic oxidation sites excluding steroid dienone is 3. The Balaban J connectivity index is 4.63. The average molecular weight is 221 g/mol. The third-order valence-corrected chi connectivity index (χ3v) is 2.76. The maximum absolute atomic E-state index is 11.7. The molecule has 1 N–H and O–H groups in total. The Morgan fingerprint density at radius 3 is 2.50 bits per heavy atom. The van der Waals surface area contributed by atoms with Crippen LogP contribution in [-0.4, -0.2) is 18.4 Å². The van der Waals surface area contributed by atoms with Crippen molar-refractivity contribution >= 4 is 5.78 Å². The summed E-state index contributed by atoms with van der Waals surface area (Å²) < 4.78 is 0. The zero-order valence-electron chi connectivity index (χ0n) is 10.5. The molecule has 0 aliphatic heterocycles. The molecule has 0 amide bonds. The van der Waals surface area contributed by atoms with E-state index in [0.29, 0.717) is 0 Å². The fraction of sp³-hybridized carbons (Fsp3) is 0.500. The number of hydrogen-bond acceptors (Lipinski definition) is 2. The number of likely N-dealkylation sites (N-methyl/N-ethyl adjacent to an activating group) is 1. The average Bonchev–Trinajstić information content (AvgIpc) is 2.27. The highest BCUT2D eigenvalue weighted by atomic mass is 16.1. The van der Waals surface area contributed by atoms with Gasteiger partial charge >= 0.3 is 0 Å². The monoisotopic (exact) mass is 221 g/mol. The van der Waals surface area contributed by atoms with Crippen molar-refractivity contribution < 1.29 is 4.79 Å². The van der Waals surface area contributed by atoms with E-state index in [9.17, 15) is 4.79 Å². The predicted molar refractivity (Wildman–Crippen MR) is 70.5 cm³/mol. The second kappa shape index (κ2) is 8.05. The van der Waals surface area contributed by atoms with Gasteiger partial charge in [0.05, 0.1) is 5.54 Å². The molecule has 0 saturated heterocycles. The summed E-state index contributed by atoms with van der Waals surface area (Å²) in [5, 5.41) is 3.13. The molecule has 0 aromatic rings. The molecule has 0 rings (SSSR count). The molecule has 0 spiro atoms. The molecule has 90 valence electrons. The summed E-state index contributed by atoms with van der Waals surface area (Å²) in [4.78, 5) is 11.7. The zero-order chi connectivity index (χ0) is 12.4. The van der Waals surface area contributed by atoms with Gasteiger partial charge in [-0.2, -0.15) is 0 Å². The topological polar surface area (TPSA) is 29.1 Å². The van der Waals surface area contributed by atoms with Gasteiger partial charge in [0.1, 0.15) is 0 Å². The molecule has 0 radical (unpaired) electrons. The van der Waals surface area contributed by atoms with Crippen LogP contribution in [0.4, 0.5) is 0 Å². The molecule has 1 atom stereocenters. The molecule has 0 aliphatic carbocycles. The van der Waals surface area contributed by atoms with E-state index in [0.717, 1.165) is 25.7 Å². The van der Waals surface area contributed by atoms with E-state index >= 15 is 0 Å². The Hall–Kier alpha value is -1.15. The number of hydrogen-bond donors (Lipinski definition) is 1. The van der Waals surface area contributed by atoms with Crippen LogP contribution < -0.4 is 5.32 Å². The van der Waals surface area contributed by atoms with Gasteiger partial charge in [0.15, 0.2) is 5.78 Å². The largest absolute Gasteiger partial charge is 0.305 e. The summed E-state index contributed by atoms with van der Waals surface area (Å²) in [5.41, 5.74) is -0.522. The minimum absolute atomic E-state index is 0.152. The predicted octanol–water partition coefficient (Wildman–Crippen LogP) is 3.02. The van der Waals surface area contributed by atoms with Crippen molar-refractivity contribution in [3.05, 3.63) is 37.5 Å². The summed E-state index contributed by atoms with van der Waals surface area (Å²) in [6.45, 7) is 8.97. The zero-order valence-corrected chi connectivity index (χ0v) is 10.5. The number of carbonyl (C=O) groups is 1. The second-order valence-corrected chi connectivity index (χ2v) is 3.89. The fourth-order valence-electron chi connectivity index (χ4n) is 1.65. The third-order valence-electron chi connectivity index (χ3n) is 2.76. The number of carbonyl (C=O) groups excluding carboxylic acids is 1. The standard InChI is InChI=1S/C14H23NO/c1-5-7-9-11-14(15-4,13(3)16)12-10-8-6-2/h5-6,9,11,15H,1-2,7-8,10,12H2,3-4H3/b11-9+. The van der Waals surface area contributed by atoms with E-state index in [1.165, 1.54) is 0 Å². The van der Waals surface area contributed by atoms with Crippen LogP contribution in [0.5, 0.6) is 0 Å². The molecular formula is C14H23NO. The van der Waals surface area contributed by atoms with Crippen LogP contribution in [0.2, 0.25) is 0 Å². The Labute approximate surface area is 99.1 Å². The van der Waals surface area contributed by atoms with Crippen molar-refractivity contribution in [1.29, 1.82) is 0 Å². The lowest BCUT2D eigenvalue weighted by atomic mass is 9.88. The highest BCUT2D eigenvalue weighted by molar-refractivity contribution is 5.88. The fourth-order valence-corrected chi connectivity index (χ4v) is 1.65. The first-order valence-corrected chi connectivity index (χ1v) is 5.72. The molecule has 0 saturated carbocycles. The molecule has 0 fully saturated rings. The van der Waals surface area contributed by atoms with Crippen molar-refractivity contribution in [2.45, 2.75) is 38.1 Å². The van der Waals surface area contributed by atoms with Crippen LogP contribution in [0.15, 0.2) is 37.5 Å². The number of ketones is 1. The van der Waals surface area contributed by atoms with Crippen LogP contribution >= 0.6 is 0 Å². The lowest BCUT2D eigenvalue weighted by Crippen LogP contribution is -2.47. The molecule has 0 aromatic heterocycles. The summed E-state index contributed by atoms with van der Waals surface area (Å²) in [6.07, 6.45) is 11.1. The maximum Gasteiger partial charge on any atom is 0.153 e. The lowest BCUT2D eigenvalue weighted by molar-refractivity contribution is -0.121. The summed E-state index contributed by atoms with van der Waals surface area (Å²) in [6, 6.07) is 0. The van der Waals surface area contributed by atoms with Crippen molar-refractivity contribution in [2.24, 2.45) is 0 Å². The van der Waals surface area contributed by atoms with E-state index in [1.807, 2.05) is 31.4 Å². The van der Waals surface area contributed by atoms with E-state index in [-0.39, 0.29) is 5.78 Å². The van der Waals surface area contributed by atoms with Gasteiger partial charge in [-0.05, 0) is 39.7 Å². The Morgan fingerprint density at radius 2 is 2.06 bits per heavy atom.